The molecule has 0 aliphatic rings. The maximum atomic E-state index is 13.3. The van der Waals surface area contributed by atoms with Crippen LogP contribution in [-0.4, -0.2) is 50.8 Å². The first-order chi connectivity index (χ1) is 16.0. The SMILES string of the molecule is COCCNC(=O)c1c(O)c2ncc(Cc3ccc(F)cc3)cc2n(Cc2c[nH]cn2)c1=O. The third-order valence-electron chi connectivity index (χ3n) is 5.15. The molecule has 3 N–H and O–H groups in total. The third-order valence-corrected chi connectivity index (χ3v) is 5.15. The summed E-state index contributed by atoms with van der Waals surface area (Å²) in [6.07, 6.45) is 5.13. The molecule has 4 aromatic rings. The van der Waals surface area contributed by atoms with Crippen molar-refractivity contribution in [2.75, 3.05) is 20.3 Å². The van der Waals surface area contributed by atoms with Gasteiger partial charge >= 0.3 is 0 Å². The van der Waals surface area contributed by atoms with E-state index in [1.54, 1.807) is 30.6 Å². The number of H-pyrrole nitrogens is 1. The minimum absolute atomic E-state index is 0.0686. The van der Waals surface area contributed by atoms with E-state index in [9.17, 15) is 19.1 Å². The van der Waals surface area contributed by atoms with Crippen LogP contribution in [0.5, 0.6) is 5.75 Å². The molecule has 0 bridgehead atoms. The molecule has 0 aliphatic heterocycles. The maximum Gasteiger partial charge on any atom is 0.268 e. The van der Waals surface area contributed by atoms with Crippen molar-refractivity contribution in [3.63, 3.8) is 0 Å². The Bertz CT molecular complexity index is 1330. The number of rotatable bonds is 8. The summed E-state index contributed by atoms with van der Waals surface area (Å²) in [7, 11) is 1.49. The molecule has 0 saturated heterocycles. The Kier molecular flexibility index (Phi) is 6.45. The number of carbonyl (C=O) groups excluding carboxylic acids is 1. The van der Waals surface area contributed by atoms with Crippen molar-refractivity contribution in [1.29, 1.82) is 0 Å². The highest BCUT2D eigenvalue weighted by molar-refractivity contribution is 6.01. The number of aromatic hydroxyl groups is 1. The predicted octanol–water partition coefficient (Wildman–Crippen LogP) is 1.98. The van der Waals surface area contributed by atoms with Crippen LogP contribution in [0.15, 0.2) is 53.8 Å². The Morgan fingerprint density at radius 1 is 1.24 bits per heavy atom. The number of methoxy groups -OCH3 is 1. The molecule has 170 valence electrons. The second-order valence-corrected chi connectivity index (χ2v) is 7.44. The van der Waals surface area contributed by atoms with E-state index in [1.807, 2.05) is 0 Å². The van der Waals surface area contributed by atoms with Crippen LogP contribution < -0.4 is 10.9 Å². The van der Waals surface area contributed by atoms with E-state index in [1.165, 1.54) is 30.1 Å². The molecule has 1 amide bonds. The molecule has 0 atom stereocenters. The number of aromatic amines is 1. The highest BCUT2D eigenvalue weighted by Gasteiger charge is 2.23. The van der Waals surface area contributed by atoms with Gasteiger partial charge in [-0.05, 0) is 35.7 Å². The van der Waals surface area contributed by atoms with Crippen molar-refractivity contribution in [3.05, 3.63) is 87.6 Å². The van der Waals surface area contributed by atoms with Crippen LogP contribution in [-0.2, 0) is 17.7 Å². The number of hydrogen-bond donors (Lipinski definition) is 3. The summed E-state index contributed by atoms with van der Waals surface area (Å²) in [6.45, 7) is 0.501. The number of fused-ring (bicyclic) bond motifs is 1. The first-order valence-electron chi connectivity index (χ1n) is 10.2. The molecule has 0 fully saturated rings. The van der Waals surface area contributed by atoms with E-state index in [0.717, 1.165) is 11.1 Å². The lowest BCUT2D eigenvalue weighted by atomic mass is 10.1. The van der Waals surface area contributed by atoms with E-state index in [0.29, 0.717) is 17.6 Å². The number of imidazole rings is 1. The predicted molar refractivity (Wildman–Crippen MR) is 119 cm³/mol. The molecular weight excluding hydrogens is 429 g/mol. The van der Waals surface area contributed by atoms with Crippen LogP contribution in [0, 0.1) is 5.82 Å². The molecule has 9 nitrogen and oxygen atoms in total. The van der Waals surface area contributed by atoms with Gasteiger partial charge in [0, 0.05) is 26.0 Å². The minimum Gasteiger partial charge on any atom is -0.505 e. The number of nitrogens with one attached hydrogen (secondary N) is 2. The Balaban J connectivity index is 1.82. The monoisotopic (exact) mass is 451 g/mol. The maximum absolute atomic E-state index is 13.3. The normalized spacial score (nSPS) is 11.1. The fourth-order valence-electron chi connectivity index (χ4n) is 3.54. The van der Waals surface area contributed by atoms with Crippen LogP contribution in [0.4, 0.5) is 4.39 Å². The van der Waals surface area contributed by atoms with Gasteiger partial charge in [0.2, 0.25) is 0 Å². The second kappa shape index (κ2) is 9.61. The smallest absolute Gasteiger partial charge is 0.268 e. The molecule has 0 spiro atoms. The second-order valence-electron chi connectivity index (χ2n) is 7.44. The van der Waals surface area contributed by atoms with Gasteiger partial charge in [-0.2, -0.15) is 0 Å². The lowest BCUT2D eigenvalue weighted by Gasteiger charge is -2.15. The number of halogens is 1. The van der Waals surface area contributed by atoms with E-state index in [-0.39, 0.29) is 31.0 Å². The zero-order valence-corrected chi connectivity index (χ0v) is 17.8. The Morgan fingerprint density at radius 2 is 2.03 bits per heavy atom. The summed E-state index contributed by atoms with van der Waals surface area (Å²) in [5.74, 6) is -1.54. The van der Waals surface area contributed by atoms with Crippen LogP contribution in [0.3, 0.4) is 0 Å². The quantitative estimate of drug-likeness (QED) is 0.352. The molecule has 0 unspecified atom stereocenters. The molecule has 10 heteroatoms. The van der Waals surface area contributed by atoms with E-state index in [2.05, 4.69) is 20.3 Å². The van der Waals surface area contributed by atoms with Crippen molar-refractivity contribution in [1.82, 2.24) is 24.8 Å². The lowest BCUT2D eigenvalue weighted by Crippen LogP contribution is -2.35. The number of carbonyl (C=O) groups is 1. The number of hydrogen-bond acceptors (Lipinski definition) is 6. The van der Waals surface area contributed by atoms with Gasteiger partial charge in [-0.1, -0.05) is 12.1 Å². The van der Waals surface area contributed by atoms with Crippen LogP contribution in [0.2, 0.25) is 0 Å². The number of benzene rings is 1. The molecule has 4 rings (SSSR count). The third kappa shape index (κ3) is 4.75. The van der Waals surface area contributed by atoms with Gasteiger partial charge in [0.1, 0.15) is 16.9 Å². The Hall–Kier alpha value is -4.05. The van der Waals surface area contributed by atoms with Crippen LogP contribution in [0.1, 0.15) is 27.2 Å². The van der Waals surface area contributed by atoms with Gasteiger partial charge in [-0.15, -0.1) is 0 Å². The van der Waals surface area contributed by atoms with Crippen molar-refractivity contribution >= 4 is 16.9 Å². The zero-order valence-electron chi connectivity index (χ0n) is 17.8. The Morgan fingerprint density at radius 3 is 2.73 bits per heavy atom. The molecule has 1 aromatic carbocycles. The van der Waals surface area contributed by atoms with Gasteiger partial charge in [0.25, 0.3) is 11.5 Å². The summed E-state index contributed by atoms with van der Waals surface area (Å²) in [5, 5.41) is 13.4. The molecule has 0 aliphatic carbocycles. The number of pyridine rings is 2. The number of ether oxygens (including phenoxy) is 1. The fraction of sp³-hybridized carbons (Fsp3) is 0.217. The van der Waals surface area contributed by atoms with Gasteiger partial charge in [0.15, 0.2) is 5.75 Å². The van der Waals surface area contributed by atoms with Gasteiger partial charge < -0.3 is 20.1 Å². The minimum atomic E-state index is -0.718. The van der Waals surface area contributed by atoms with Crippen molar-refractivity contribution in [2.24, 2.45) is 0 Å². The van der Waals surface area contributed by atoms with Gasteiger partial charge in [0.05, 0.1) is 30.7 Å². The first kappa shape index (κ1) is 22.2. The molecule has 33 heavy (non-hydrogen) atoms. The first-order valence-corrected chi connectivity index (χ1v) is 10.2. The summed E-state index contributed by atoms with van der Waals surface area (Å²) < 4.78 is 19.5. The highest BCUT2D eigenvalue weighted by Crippen LogP contribution is 2.26. The lowest BCUT2D eigenvalue weighted by molar-refractivity contribution is 0.0932. The summed E-state index contributed by atoms with van der Waals surface area (Å²) in [4.78, 5) is 37.3. The summed E-state index contributed by atoms with van der Waals surface area (Å²) in [6, 6.07) is 7.81. The molecule has 3 heterocycles. The Labute approximate surface area is 187 Å². The summed E-state index contributed by atoms with van der Waals surface area (Å²) >= 11 is 0. The number of amides is 1. The zero-order chi connectivity index (χ0) is 23.4. The number of nitrogens with zero attached hydrogens (tertiary/aromatic N) is 3. The van der Waals surface area contributed by atoms with Gasteiger partial charge in [-0.3, -0.25) is 19.1 Å². The summed E-state index contributed by atoms with van der Waals surface area (Å²) in [5.41, 5.74) is 1.59. The van der Waals surface area contributed by atoms with Crippen LogP contribution >= 0.6 is 0 Å². The topological polar surface area (TPSA) is 122 Å². The largest absolute Gasteiger partial charge is 0.505 e. The van der Waals surface area contributed by atoms with Crippen molar-refractivity contribution in [2.45, 2.75) is 13.0 Å². The van der Waals surface area contributed by atoms with E-state index >= 15 is 0 Å². The average Bonchev–Trinajstić information content (AvgIpc) is 3.32. The standard InChI is InChI=1S/C23H22FN5O4/c1-33-7-6-26-22(31)19-21(30)20-18(29(23(19)32)12-17-11-25-13-28-17)9-15(10-27-20)8-14-2-4-16(24)5-3-14/h2-5,9-11,13,30H,6-8,12H2,1H3,(H,25,28)(H,26,31). The molecule has 3 aromatic heterocycles. The van der Waals surface area contributed by atoms with E-state index in [4.69, 9.17) is 4.74 Å². The van der Waals surface area contributed by atoms with E-state index < -0.39 is 22.8 Å². The molecular formula is C23H22FN5O4. The molecule has 0 radical (unpaired) electrons. The van der Waals surface area contributed by atoms with Crippen LogP contribution in [0.25, 0.3) is 11.0 Å². The fourth-order valence-corrected chi connectivity index (χ4v) is 3.54. The van der Waals surface area contributed by atoms with Gasteiger partial charge in [-0.25, -0.2) is 9.37 Å². The number of aromatic nitrogens is 4. The average molecular weight is 451 g/mol. The highest BCUT2D eigenvalue weighted by atomic mass is 19.1. The van der Waals surface area contributed by atoms with Crippen molar-refractivity contribution < 1.29 is 19.0 Å². The molecule has 0 saturated carbocycles. The van der Waals surface area contributed by atoms with Crippen molar-refractivity contribution in [3.8, 4) is 5.75 Å².